The maximum absolute atomic E-state index is 13.2. The van der Waals surface area contributed by atoms with Crippen LogP contribution in [0, 0.1) is 6.92 Å². The number of aromatic nitrogens is 1. The van der Waals surface area contributed by atoms with Gasteiger partial charge < -0.3 is 20.1 Å². The summed E-state index contributed by atoms with van der Waals surface area (Å²) in [6.07, 6.45) is 6.15. The zero-order valence-electron chi connectivity index (χ0n) is 20.0. The number of hydrogen-bond donors (Lipinski definition) is 2. The second-order valence-corrected chi connectivity index (χ2v) is 10.3. The van der Waals surface area contributed by atoms with E-state index < -0.39 is 0 Å². The van der Waals surface area contributed by atoms with Gasteiger partial charge in [-0.1, -0.05) is 24.3 Å². The molecule has 1 atom stereocenters. The van der Waals surface area contributed by atoms with Crippen molar-refractivity contribution in [3.63, 3.8) is 0 Å². The fourth-order valence-corrected chi connectivity index (χ4v) is 6.25. The molecule has 0 saturated heterocycles. The third-order valence-electron chi connectivity index (χ3n) is 6.70. The molecular weight excluding hydrogens is 470 g/mol. The normalized spacial score (nSPS) is 14.7. The lowest BCUT2D eigenvalue weighted by Gasteiger charge is -2.24. The first kappa shape index (κ1) is 22.6. The number of aryl methyl sites for hydroxylation is 2. The van der Waals surface area contributed by atoms with E-state index in [-0.39, 0.29) is 18.7 Å². The number of hydrogen-bond acceptors (Lipinski definition) is 6. The molecule has 0 saturated carbocycles. The number of carbonyl (C=O) groups excluding carboxylic acids is 1. The van der Waals surface area contributed by atoms with Gasteiger partial charge in [0.15, 0.2) is 11.5 Å². The Morgan fingerprint density at radius 2 is 1.83 bits per heavy atom. The van der Waals surface area contributed by atoms with E-state index in [1.807, 2.05) is 60.8 Å². The highest BCUT2D eigenvalue weighted by atomic mass is 32.1. The Hall–Kier alpha value is -3.84. The molecule has 0 fully saturated rings. The molecule has 0 unspecified atom stereocenters. The van der Waals surface area contributed by atoms with Gasteiger partial charge in [0, 0.05) is 22.2 Å². The highest BCUT2D eigenvalue weighted by Crippen LogP contribution is 2.46. The van der Waals surface area contributed by atoms with Gasteiger partial charge in [-0.3, -0.25) is 4.79 Å². The van der Waals surface area contributed by atoms with Gasteiger partial charge in [0.1, 0.15) is 10.8 Å². The van der Waals surface area contributed by atoms with Crippen molar-refractivity contribution in [1.82, 2.24) is 4.98 Å². The molecule has 4 aromatic rings. The van der Waals surface area contributed by atoms with E-state index in [9.17, 15) is 4.79 Å². The second kappa shape index (κ2) is 9.66. The van der Waals surface area contributed by atoms with Crippen LogP contribution in [-0.2, 0) is 12.8 Å². The second-order valence-electron chi connectivity index (χ2n) is 9.18. The first-order valence-electron chi connectivity index (χ1n) is 12.3. The van der Waals surface area contributed by atoms with Crippen LogP contribution in [0.4, 0.5) is 10.8 Å². The van der Waals surface area contributed by atoms with Crippen LogP contribution in [-0.4, -0.2) is 17.7 Å². The Balaban J connectivity index is 1.47. The summed E-state index contributed by atoms with van der Waals surface area (Å²) in [5.74, 6) is 2.16. The molecule has 2 aromatic heterocycles. The fourth-order valence-electron chi connectivity index (χ4n) is 4.93. The molecule has 0 spiro atoms. The molecule has 1 amide bonds. The average molecular weight is 498 g/mol. The molecule has 0 bridgehead atoms. The van der Waals surface area contributed by atoms with Crippen LogP contribution < -0.4 is 20.1 Å². The first-order chi connectivity index (χ1) is 17.7. The largest absolute Gasteiger partial charge is 0.454 e. The predicted octanol–water partition coefficient (Wildman–Crippen LogP) is 6.51. The van der Waals surface area contributed by atoms with Gasteiger partial charge in [-0.05, 0) is 85.7 Å². The highest BCUT2D eigenvalue weighted by Gasteiger charge is 2.30. The summed E-state index contributed by atoms with van der Waals surface area (Å²) in [7, 11) is 0. The molecule has 0 radical (unpaired) electrons. The van der Waals surface area contributed by atoms with E-state index in [1.54, 1.807) is 11.3 Å². The monoisotopic (exact) mass is 497 g/mol. The van der Waals surface area contributed by atoms with Gasteiger partial charge in [0.2, 0.25) is 6.79 Å². The topological polar surface area (TPSA) is 72.5 Å². The molecule has 36 heavy (non-hydrogen) atoms. The number of nitrogens with one attached hydrogen (secondary N) is 2. The zero-order valence-corrected chi connectivity index (χ0v) is 20.9. The molecule has 2 aliphatic rings. The van der Waals surface area contributed by atoms with Crippen molar-refractivity contribution in [2.45, 2.75) is 38.6 Å². The molecule has 182 valence electrons. The summed E-state index contributed by atoms with van der Waals surface area (Å²) >= 11 is 1.70. The molecule has 6 nitrogen and oxygen atoms in total. The minimum absolute atomic E-state index is 0.103. The van der Waals surface area contributed by atoms with Crippen molar-refractivity contribution < 1.29 is 14.3 Å². The van der Waals surface area contributed by atoms with Crippen LogP contribution in [0.5, 0.6) is 11.5 Å². The van der Waals surface area contributed by atoms with Crippen molar-refractivity contribution in [1.29, 1.82) is 0 Å². The van der Waals surface area contributed by atoms with Crippen molar-refractivity contribution in [2.75, 3.05) is 17.4 Å². The standard InChI is InChI=1S/C29H27N3O3S/c1-18-13-14-30-25(15-18)31-27(20-11-12-22-23(16-20)35-17-34-22)26-21-9-5-6-10-24(21)36-29(26)32-28(33)19-7-3-2-4-8-19/h2-4,7-8,11-16,27H,5-6,9-10,17H2,1H3,(H,30,31)(H,32,33)/t27-/m1/s1. The fraction of sp³-hybridized carbons (Fsp3) is 0.241. The van der Waals surface area contributed by atoms with Gasteiger partial charge in [-0.25, -0.2) is 4.98 Å². The van der Waals surface area contributed by atoms with Gasteiger partial charge in [-0.15, -0.1) is 11.3 Å². The SMILES string of the molecule is Cc1ccnc(N[C@H](c2ccc3c(c2)OCO3)c2c(NC(=O)c3ccccc3)sc3c2CCCC3)c1. The maximum Gasteiger partial charge on any atom is 0.256 e. The van der Waals surface area contributed by atoms with Crippen molar-refractivity contribution in [3.8, 4) is 11.5 Å². The van der Waals surface area contributed by atoms with E-state index in [0.29, 0.717) is 5.56 Å². The smallest absolute Gasteiger partial charge is 0.256 e. The van der Waals surface area contributed by atoms with Crippen molar-refractivity contribution >= 4 is 28.1 Å². The molecule has 2 aromatic carbocycles. The molecular formula is C29H27N3O3S. The lowest BCUT2D eigenvalue weighted by Crippen LogP contribution is -2.19. The lowest BCUT2D eigenvalue weighted by molar-refractivity contribution is 0.102. The van der Waals surface area contributed by atoms with Gasteiger partial charge in [0.05, 0.1) is 6.04 Å². The third-order valence-corrected chi connectivity index (χ3v) is 7.92. The number of nitrogens with zero attached hydrogens (tertiary/aromatic N) is 1. The summed E-state index contributed by atoms with van der Waals surface area (Å²) in [5.41, 5.74) is 5.24. The number of benzene rings is 2. The minimum Gasteiger partial charge on any atom is -0.454 e. The summed E-state index contributed by atoms with van der Waals surface area (Å²) in [4.78, 5) is 19.2. The number of fused-ring (bicyclic) bond motifs is 2. The van der Waals surface area contributed by atoms with E-state index in [4.69, 9.17) is 9.47 Å². The molecule has 2 N–H and O–H groups in total. The van der Waals surface area contributed by atoms with Crippen LogP contribution in [0.3, 0.4) is 0 Å². The molecule has 7 heteroatoms. The first-order valence-corrected chi connectivity index (χ1v) is 13.1. The molecule has 6 rings (SSSR count). The zero-order chi connectivity index (χ0) is 24.5. The molecule has 1 aliphatic heterocycles. The molecule has 3 heterocycles. The highest BCUT2D eigenvalue weighted by molar-refractivity contribution is 7.16. The van der Waals surface area contributed by atoms with Crippen molar-refractivity contribution in [3.05, 3.63) is 99.6 Å². The maximum atomic E-state index is 13.2. The summed E-state index contributed by atoms with van der Waals surface area (Å²) in [6.45, 7) is 2.28. The Morgan fingerprint density at radius 1 is 1.00 bits per heavy atom. The van der Waals surface area contributed by atoms with Crippen LogP contribution in [0.15, 0.2) is 66.9 Å². The summed E-state index contributed by atoms with van der Waals surface area (Å²) in [5, 5.41) is 7.82. The van der Waals surface area contributed by atoms with Gasteiger partial charge in [-0.2, -0.15) is 0 Å². The number of carbonyl (C=O) groups is 1. The van der Waals surface area contributed by atoms with E-state index in [1.165, 1.54) is 16.9 Å². The summed E-state index contributed by atoms with van der Waals surface area (Å²) in [6, 6.07) is 19.2. The average Bonchev–Trinajstić information content (AvgIpc) is 3.52. The number of anilines is 2. The molecule has 1 aliphatic carbocycles. The summed E-state index contributed by atoms with van der Waals surface area (Å²) < 4.78 is 11.3. The van der Waals surface area contributed by atoms with E-state index >= 15 is 0 Å². The number of ether oxygens (including phenoxy) is 2. The van der Waals surface area contributed by atoms with Crippen LogP contribution >= 0.6 is 11.3 Å². The quantitative estimate of drug-likeness (QED) is 0.318. The number of thiophene rings is 1. The predicted molar refractivity (Wildman–Crippen MR) is 142 cm³/mol. The Kier molecular flexibility index (Phi) is 6.07. The van der Waals surface area contributed by atoms with E-state index in [0.717, 1.165) is 58.3 Å². The van der Waals surface area contributed by atoms with E-state index in [2.05, 4.69) is 28.6 Å². The third kappa shape index (κ3) is 4.42. The van der Waals surface area contributed by atoms with Crippen molar-refractivity contribution in [2.24, 2.45) is 0 Å². The van der Waals surface area contributed by atoms with Crippen LogP contribution in [0.2, 0.25) is 0 Å². The van der Waals surface area contributed by atoms with Gasteiger partial charge in [0.25, 0.3) is 5.91 Å². The Morgan fingerprint density at radius 3 is 2.69 bits per heavy atom. The minimum atomic E-state index is -0.224. The van der Waals surface area contributed by atoms with Crippen LogP contribution in [0.1, 0.15) is 56.4 Å². The number of rotatable bonds is 6. The lowest BCUT2D eigenvalue weighted by atomic mass is 9.89. The Bertz CT molecular complexity index is 1420. The van der Waals surface area contributed by atoms with Crippen LogP contribution in [0.25, 0.3) is 0 Å². The Labute approximate surface area is 214 Å². The van der Waals surface area contributed by atoms with Gasteiger partial charge >= 0.3 is 0 Å². The number of pyridine rings is 1. The number of amides is 1.